The molecule has 28 heavy (non-hydrogen) atoms. The Labute approximate surface area is 168 Å². The first-order chi connectivity index (χ1) is 13.7. The number of carbonyl (C=O) groups is 2. The van der Waals surface area contributed by atoms with Crippen LogP contribution < -0.4 is 5.32 Å². The number of hydrogen-bond acceptors (Lipinski definition) is 5. The molecule has 2 amide bonds. The lowest BCUT2D eigenvalue weighted by Crippen LogP contribution is -2.38. The summed E-state index contributed by atoms with van der Waals surface area (Å²) in [6.45, 7) is 2.13. The van der Waals surface area contributed by atoms with Crippen molar-refractivity contribution < 1.29 is 14.0 Å². The quantitative estimate of drug-likeness (QED) is 0.726. The molecule has 6 nitrogen and oxygen atoms in total. The highest BCUT2D eigenvalue weighted by Crippen LogP contribution is 2.30. The molecule has 1 N–H and O–H groups in total. The van der Waals surface area contributed by atoms with E-state index in [-0.39, 0.29) is 23.7 Å². The first kappa shape index (κ1) is 18.9. The number of rotatable bonds is 7. The molecule has 1 saturated heterocycles. The number of hydrogen-bond donors (Lipinski definition) is 1. The number of piperidine rings is 1. The zero-order valence-corrected chi connectivity index (χ0v) is 16.6. The highest BCUT2D eigenvalue weighted by Gasteiger charge is 2.29. The Balaban J connectivity index is 1.28. The van der Waals surface area contributed by atoms with E-state index in [9.17, 15) is 9.59 Å². The Bertz CT molecular complexity index is 839. The summed E-state index contributed by atoms with van der Waals surface area (Å²) in [5.41, 5.74) is 1.03. The van der Waals surface area contributed by atoms with Gasteiger partial charge in [0.1, 0.15) is 5.76 Å². The Morgan fingerprint density at radius 2 is 2.25 bits per heavy atom. The molecule has 0 unspecified atom stereocenters. The predicted octanol–water partition coefficient (Wildman–Crippen LogP) is 3.22. The van der Waals surface area contributed by atoms with Crippen LogP contribution in [-0.4, -0.2) is 41.3 Å². The van der Waals surface area contributed by atoms with Crippen molar-refractivity contribution in [2.45, 2.75) is 38.0 Å². The van der Waals surface area contributed by atoms with Crippen LogP contribution in [-0.2, 0) is 16.0 Å². The van der Waals surface area contributed by atoms with Crippen LogP contribution in [0.2, 0.25) is 0 Å². The van der Waals surface area contributed by atoms with Gasteiger partial charge in [0.05, 0.1) is 17.0 Å². The van der Waals surface area contributed by atoms with E-state index < -0.39 is 0 Å². The van der Waals surface area contributed by atoms with Crippen molar-refractivity contribution in [2.75, 3.05) is 19.6 Å². The fourth-order valence-electron chi connectivity index (χ4n) is 3.45. The predicted molar refractivity (Wildman–Crippen MR) is 108 cm³/mol. The maximum Gasteiger partial charge on any atom is 0.246 e. The Morgan fingerprint density at radius 3 is 3.04 bits per heavy atom. The van der Waals surface area contributed by atoms with Crippen molar-refractivity contribution in [3.63, 3.8) is 0 Å². The summed E-state index contributed by atoms with van der Waals surface area (Å²) < 4.78 is 5.24. The summed E-state index contributed by atoms with van der Waals surface area (Å²) in [7, 11) is 0. The van der Waals surface area contributed by atoms with Gasteiger partial charge in [-0.2, -0.15) is 0 Å². The fraction of sp³-hybridized carbons (Fsp3) is 0.476. The van der Waals surface area contributed by atoms with E-state index in [0.717, 1.165) is 49.4 Å². The highest BCUT2D eigenvalue weighted by molar-refractivity contribution is 7.09. The number of nitrogens with zero attached hydrogens (tertiary/aromatic N) is 2. The van der Waals surface area contributed by atoms with Gasteiger partial charge in [0.2, 0.25) is 11.8 Å². The van der Waals surface area contributed by atoms with Gasteiger partial charge in [-0.1, -0.05) is 0 Å². The number of amides is 2. The lowest BCUT2D eigenvalue weighted by Gasteiger charge is -2.31. The van der Waals surface area contributed by atoms with Crippen LogP contribution in [0, 0.1) is 5.92 Å². The van der Waals surface area contributed by atoms with Crippen LogP contribution in [0.5, 0.6) is 0 Å². The smallest absolute Gasteiger partial charge is 0.246 e. The van der Waals surface area contributed by atoms with Crippen molar-refractivity contribution in [1.29, 1.82) is 0 Å². The van der Waals surface area contributed by atoms with Crippen molar-refractivity contribution in [2.24, 2.45) is 5.92 Å². The SMILES string of the molecule is O=C(NCCc1csc([C@@H]2CCCN(C(=O)/C=C/c3ccco3)C2)n1)C1CC1. The molecule has 2 fully saturated rings. The van der Waals surface area contributed by atoms with Gasteiger partial charge in [-0.05, 0) is 43.9 Å². The molecule has 2 aromatic rings. The van der Waals surface area contributed by atoms with Gasteiger partial charge in [0, 0.05) is 49.3 Å². The van der Waals surface area contributed by atoms with E-state index in [1.165, 1.54) is 0 Å². The maximum absolute atomic E-state index is 12.5. The summed E-state index contributed by atoms with van der Waals surface area (Å²) in [5, 5.41) is 6.16. The summed E-state index contributed by atoms with van der Waals surface area (Å²) in [5.74, 6) is 1.41. The van der Waals surface area contributed by atoms with Crippen LogP contribution in [0.3, 0.4) is 0 Å². The summed E-state index contributed by atoms with van der Waals surface area (Å²) in [4.78, 5) is 30.8. The summed E-state index contributed by atoms with van der Waals surface area (Å²) in [6.07, 6.45) is 9.74. The third-order valence-electron chi connectivity index (χ3n) is 5.21. The molecule has 1 saturated carbocycles. The van der Waals surface area contributed by atoms with Crippen molar-refractivity contribution >= 4 is 29.2 Å². The van der Waals surface area contributed by atoms with E-state index in [1.54, 1.807) is 35.8 Å². The first-order valence-electron chi connectivity index (χ1n) is 9.91. The van der Waals surface area contributed by atoms with Gasteiger partial charge >= 0.3 is 0 Å². The maximum atomic E-state index is 12.5. The molecular weight excluding hydrogens is 374 g/mol. The minimum Gasteiger partial charge on any atom is -0.465 e. The average molecular weight is 400 g/mol. The second-order valence-electron chi connectivity index (χ2n) is 7.46. The largest absolute Gasteiger partial charge is 0.465 e. The minimum atomic E-state index is 0.0145. The van der Waals surface area contributed by atoms with Crippen LogP contribution in [0.1, 0.15) is 48.1 Å². The van der Waals surface area contributed by atoms with E-state index in [2.05, 4.69) is 10.7 Å². The Morgan fingerprint density at radius 1 is 1.36 bits per heavy atom. The molecule has 7 heteroatoms. The molecule has 1 aliphatic carbocycles. The third-order valence-corrected chi connectivity index (χ3v) is 6.27. The number of carbonyl (C=O) groups excluding carboxylic acids is 2. The normalized spacial score (nSPS) is 19.9. The number of nitrogens with one attached hydrogen (secondary N) is 1. The Kier molecular flexibility index (Phi) is 5.90. The second kappa shape index (κ2) is 8.73. The number of thiazole rings is 1. The molecule has 3 heterocycles. The molecule has 1 aliphatic heterocycles. The van der Waals surface area contributed by atoms with Crippen LogP contribution in [0.15, 0.2) is 34.3 Å². The molecule has 2 aromatic heterocycles. The molecule has 0 radical (unpaired) electrons. The first-order valence-corrected chi connectivity index (χ1v) is 10.8. The van der Waals surface area contributed by atoms with Crippen molar-refractivity contribution in [1.82, 2.24) is 15.2 Å². The highest BCUT2D eigenvalue weighted by atomic mass is 32.1. The second-order valence-corrected chi connectivity index (χ2v) is 8.35. The molecule has 148 valence electrons. The number of likely N-dealkylation sites (tertiary alicyclic amines) is 1. The van der Waals surface area contributed by atoms with Gasteiger partial charge in [-0.25, -0.2) is 4.98 Å². The molecule has 2 aliphatic rings. The fourth-order valence-corrected chi connectivity index (χ4v) is 4.43. The number of furan rings is 1. The Hall–Kier alpha value is -2.41. The van der Waals surface area contributed by atoms with Crippen molar-refractivity contribution in [3.05, 3.63) is 46.3 Å². The zero-order chi connectivity index (χ0) is 19.3. The standard InChI is InChI=1S/C21H25N3O3S/c25-19(8-7-18-4-2-12-27-18)24-11-1-3-16(13-24)21-23-17(14-28-21)9-10-22-20(26)15-5-6-15/h2,4,7-8,12,14-16H,1,3,5-6,9-11,13H2,(H,22,26)/b8-7+/t16-/m1/s1. The molecule has 1 atom stereocenters. The molecule has 0 aromatic carbocycles. The van der Waals surface area contributed by atoms with Gasteiger partial charge in [-0.15, -0.1) is 11.3 Å². The van der Waals surface area contributed by atoms with Crippen LogP contribution in [0.4, 0.5) is 0 Å². The minimum absolute atomic E-state index is 0.0145. The van der Waals surface area contributed by atoms with Gasteiger partial charge in [0.25, 0.3) is 0 Å². The monoisotopic (exact) mass is 399 g/mol. The number of aromatic nitrogens is 1. The van der Waals surface area contributed by atoms with E-state index in [1.807, 2.05) is 11.0 Å². The van der Waals surface area contributed by atoms with E-state index in [4.69, 9.17) is 9.40 Å². The van der Waals surface area contributed by atoms with Crippen LogP contribution >= 0.6 is 11.3 Å². The molecule has 4 rings (SSSR count). The molecular formula is C21H25N3O3S. The lowest BCUT2D eigenvalue weighted by molar-refractivity contribution is -0.127. The molecule has 0 bridgehead atoms. The molecule has 0 spiro atoms. The summed E-state index contributed by atoms with van der Waals surface area (Å²) in [6, 6.07) is 3.63. The van der Waals surface area contributed by atoms with E-state index >= 15 is 0 Å². The van der Waals surface area contributed by atoms with Gasteiger partial charge in [0.15, 0.2) is 0 Å². The van der Waals surface area contributed by atoms with Crippen LogP contribution in [0.25, 0.3) is 6.08 Å². The average Bonchev–Trinajstić information content (AvgIpc) is 3.24. The third kappa shape index (κ3) is 4.90. The lowest BCUT2D eigenvalue weighted by atomic mass is 9.98. The van der Waals surface area contributed by atoms with E-state index in [0.29, 0.717) is 18.8 Å². The summed E-state index contributed by atoms with van der Waals surface area (Å²) >= 11 is 1.66. The van der Waals surface area contributed by atoms with Gasteiger partial charge in [-0.3, -0.25) is 9.59 Å². The van der Waals surface area contributed by atoms with Gasteiger partial charge < -0.3 is 14.6 Å². The topological polar surface area (TPSA) is 75.4 Å². The van der Waals surface area contributed by atoms with Crippen molar-refractivity contribution in [3.8, 4) is 0 Å². The zero-order valence-electron chi connectivity index (χ0n) is 15.8.